The third-order valence-electron chi connectivity index (χ3n) is 2.92. The second-order valence-corrected chi connectivity index (χ2v) is 3.97. The van der Waals surface area contributed by atoms with Crippen molar-refractivity contribution in [2.24, 2.45) is 0 Å². The zero-order valence-electron chi connectivity index (χ0n) is 8.38. The van der Waals surface area contributed by atoms with Gasteiger partial charge in [-0.2, -0.15) is 5.10 Å². The smallest absolute Gasteiger partial charge is 0.267 e. The van der Waals surface area contributed by atoms with E-state index >= 15 is 0 Å². The van der Waals surface area contributed by atoms with Crippen molar-refractivity contribution in [2.75, 3.05) is 0 Å². The number of H-pyrrole nitrogens is 1. The molecule has 14 heavy (non-hydrogen) atoms. The van der Waals surface area contributed by atoms with Crippen molar-refractivity contribution in [2.45, 2.75) is 44.9 Å². The highest BCUT2D eigenvalue weighted by Gasteiger charge is 2.09. The van der Waals surface area contributed by atoms with Crippen LogP contribution in [0.2, 0.25) is 0 Å². The van der Waals surface area contributed by atoms with Crippen LogP contribution in [-0.4, -0.2) is 10.2 Å². The summed E-state index contributed by atoms with van der Waals surface area (Å²) in [5, 5.41) is 6.39. The Balaban J connectivity index is 2.31. The second kappa shape index (κ2) is 4.40. The van der Waals surface area contributed by atoms with E-state index in [1.165, 1.54) is 25.7 Å². The van der Waals surface area contributed by atoms with Crippen LogP contribution in [0.5, 0.6) is 0 Å². The van der Waals surface area contributed by atoms with Crippen molar-refractivity contribution >= 4 is 0 Å². The molecule has 1 aromatic rings. The van der Waals surface area contributed by atoms with Gasteiger partial charge < -0.3 is 0 Å². The van der Waals surface area contributed by atoms with E-state index in [9.17, 15) is 4.79 Å². The van der Waals surface area contributed by atoms with Crippen molar-refractivity contribution in [1.29, 1.82) is 0 Å². The number of fused-ring (bicyclic) bond motifs is 1. The summed E-state index contributed by atoms with van der Waals surface area (Å²) in [4.78, 5) is 11.5. The number of aromatic nitrogens is 2. The summed E-state index contributed by atoms with van der Waals surface area (Å²) >= 11 is 0. The van der Waals surface area contributed by atoms with Gasteiger partial charge in [0.05, 0.1) is 6.20 Å². The van der Waals surface area contributed by atoms with E-state index in [4.69, 9.17) is 0 Å². The monoisotopic (exact) mass is 192 g/mol. The van der Waals surface area contributed by atoms with Crippen molar-refractivity contribution in [1.82, 2.24) is 10.2 Å². The molecule has 1 heterocycles. The molecule has 0 fully saturated rings. The maximum atomic E-state index is 11.5. The standard InChI is InChI=1S/C11H16N2O/c14-11-10-7-5-3-1-2-4-6-9(10)8-12-13-11/h8H,1-7H2,(H,13,14). The Kier molecular flexibility index (Phi) is 2.96. The largest absolute Gasteiger partial charge is 0.268 e. The van der Waals surface area contributed by atoms with E-state index in [-0.39, 0.29) is 5.56 Å². The lowest BCUT2D eigenvalue weighted by atomic mass is 10.0. The molecule has 0 bridgehead atoms. The fourth-order valence-corrected chi connectivity index (χ4v) is 2.10. The third-order valence-corrected chi connectivity index (χ3v) is 2.92. The van der Waals surface area contributed by atoms with Gasteiger partial charge in [0.25, 0.3) is 5.56 Å². The van der Waals surface area contributed by atoms with E-state index in [2.05, 4.69) is 10.2 Å². The van der Waals surface area contributed by atoms with Gasteiger partial charge in [0, 0.05) is 5.56 Å². The first kappa shape index (κ1) is 9.44. The minimum atomic E-state index is 0.0180. The number of hydrogen-bond donors (Lipinski definition) is 1. The molecular formula is C11H16N2O. The van der Waals surface area contributed by atoms with Gasteiger partial charge in [0.15, 0.2) is 0 Å². The van der Waals surface area contributed by atoms with Crippen LogP contribution >= 0.6 is 0 Å². The lowest BCUT2D eigenvalue weighted by molar-refractivity contribution is 0.629. The quantitative estimate of drug-likeness (QED) is 0.681. The molecule has 1 aliphatic rings. The van der Waals surface area contributed by atoms with Gasteiger partial charge in [-0.25, -0.2) is 5.10 Å². The molecule has 3 nitrogen and oxygen atoms in total. The topological polar surface area (TPSA) is 45.8 Å². The van der Waals surface area contributed by atoms with Crippen LogP contribution in [0.3, 0.4) is 0 Å². The normalized spacial score (nSPS) is 17.7. The Morgan fingerprint density at radius 3 is 2.64 bits per heavy atom. The molecule has 0 aromatic carbocycles. The van der Waals surface area contributed by atoms with E-state index in [0.717, 1.165) is 30.4 Å². The Labute approximate surface area is 83.5 Å². The highest BCUT2D eigenvalue weighted by Crippen LogP contribution is 2.15. The van der Waals surface area contributed by atoms with Gasteiger partial charge in [0.1, 0.15) is 0 Å². The fourth-order valence-electron chi connectivity index (χ4n) is 2.10. The van der Waals surface area contributed by atoms with Crippen LogP contribution in [0.1, 0.15) is 43.2 Å². The third kappa shape index (κ3) is 2.03. The van der Waals surface area contributed by atoms with E-state index in [1.54, 1.807) is 0 Å². The minimum absolute atomic E-state index is 0.0180. The number of nitrogens with one attached hydrogen (secondary N) is 1. The molecule has 76 valence electrons. The van der Waals surface area contributed by atoms with E-state index in [0.29, 0.717) is 0 Å². The summed E-state index contributed by atoms with van der Waals surface area (Å²) in [5.41, 5.74) is 2.15. The molecule has 0 atom stereocenters. The zero-order chi connectivity index (χ0) is 9.80. The average molecular weight is 192 g/mol. The molecule has 0 saturated carbocycles. The highest BCUT2D eigenvalue weighted by atomic mass is 16.1. The minimum Gasteiger partial charge on any atom is -0.268 e. The van der Waals surface area contributed by atoms with Gasteiger partial charge in [-0.1, -0.05) is 19.3 Å². The Hall–Kier alpha value is -1.12. The van der Waals surface area contributed by atoms with Crippen LogP contribution in [0.4, 0.5) is 0 Å². The van der Waals surface area contributed by atoms with Crippen molar-refractivity contribution in [3.05, 3.63) is 27.7 Å². The average Bonchev–Trinajstić information content (AvgIpc) is 2.30. The first-order chi connectivity index (χ1) is 6.88. The van der Waals surface area contributed by atoms with Crippen molar-refractivity contribution in [3.63, 3.8) is 0 Å². The maximum absolute atomic E-state index is 11.5. The summed E-state index contributed by atoms with van der Waals surface area (Å²) in [6, 6.07) is 0. The van der Waals surface area contributed by atoms with Crippen LogP contribution in [0.25, 0.3) is 0 Å². The first-order valence-electron chi connectivity index (χ1n) is 5.43. The highest BCUT2D eigenvalue weighted by molar-refractivity contribution is 5.21. The van der Waals surface area contributed by atoms with Crippen LogP contribution in [0.15, 0.2) is 11.0 Å². The molecule has 0 aliphatic heterocycles. The Morgan fingerprint density at radius 1 is 1.07 bits per heavy atom. The molecule has 0 radical (unpaired) electrons. The van der Waals surface area contributed by atoms with Gasteiger partial charge >= 0.3 is 0 Å². The van der Waals surface area contributed by atoms with E-state index < -0.39 is 0 Å². The molecule has 1 aromatic heterocycles. The molecule has 1 N–H and O–H groups in total. The van der Waals surface area contributed by atoms with Gasteiger partial charge in [-0.05, 0) is 31.2 Å². The van der Waals surface area contributed by atoms with E-state index in [1.807, 2.05) is 6.20 Å². The summed E-state index contributed by atoms with van der Waals surface area (Å²) in [6.07, 6.45) is 9.94. The SMILES string of the molecule is O=c1[nH]ncc2c1CCCCCCC2. The van der Waals surface area contributed by atoms with Crippen molar-refractivity contribution in [3.8, 4) is 0 Å². The lowest BCUT2D eigenvalue weighted by Crippen LogP contribution is -2.16. The number of nitrogens with zero attached hydrogens (tertiary/aromatic N) is 1. The predicted molar refractivity (Wildman–Crippen MR) is 55.4 cm³/mol. The van der Waals surface area contributed by atoms with Gasteiger partial charge in [-0.3, -0.25) is 4.79 Å². The summed E-state index contributed by atoms with van der Waals surface area (Å²) in [5.74, 6) is 0. The molecule has 0 saturated heterocycles. The molecule has 2 rings (SSSR count). The lowest BCUT2D eigenvalue weighted by Gasteiger charge is -2.04. The first-order valence-corrected chi connectivity index (χ1v) is 5.43. The fraction of sp³-hybridized carbons (Fsp3) is 0.636. The number of rotatable bonds is 0. The molecule has 0 unspecified atom stereocenters. The molecular weight excluding hydrogens is 176 g/mol. The van der Waals surface area contributed by atoms with Crippen LogP contribution in [-0.2, 0) is 12.8 Å². The predicted octanol–water partition coefficient (Wildman–Crippen LogP) is 1.82. The number of aryl methyl sites for hydroxylation is 1. The van der Waals surface area contributed by atoms with Crippen molar-refractivity contribution < 1.29 is 0 Å². The summed E-state index contributed by atoms with van der Waals surface area (Å²) < 4.78 is 0. The molecule has 0 spiro atoms. The number of hydrogen-bond acceptors (Lipinski definition) is 2. The Morgan fingerprint density at radius 2 is 1.79 bits per heavy atom. The molecule has 3 heteroatoms. The number of aromatic amines is 1. The van der Waals surface area contributed by atoms with Gasteiger partial charge in [0.2, 0.25) is 0 Å². The van der Waals surface area contributed by atoms with Crippen LogP contribution in [0, 0.1) is 0 Å². The van der Waals surface area contributed by atoms with Crippen LogP contribution < -0.4 is 5.56 Å². The Bertz CT molecular complexity index is 357. The molecule has 0 amide bonds. The molecule has 1 aliphatic carbocycles. The summed E-state index contributed by atoms with van der Waals surface area (Å²) in [7, 11) is 0. The van der Waals surface area contributed by atoms with Gasteiger partial charge in [-0.15, -0.1) is 0 Å². The maximum Gasteiger partial charge on any atom is 0.267 e. The second-order valence-electron chi connectivity index (χ2n) is 3.97. The summed E-state index contributed by atoms with van der Waals surface area (Å²) in [6.45, 7) is 0. The zero-order valence-corrected chi connectivity index (χ0v) is 8.38.